The number of nitrogens with one attached hydrogen (secondary N) is 1. The highest BCUT2D eigenvalue weighted by Crippen LogP contribution is 1.99. The fourth-order valence-corrected chi connectivity index (χ4v) is 1.04. The number of aliphatic carboxylic acids is 1. The van der Waals surface area contributed by atoms with Crippen LogP contribution in [0.2, 0.25) is 0 Å². The van der Waals surface area contributed by atoms with E-state index in [2.05, 4.69) is 20.0 Å². The van der Waals surface area contributed by atoms with Gasteiger partial charge in [-0.25, -0.2) is 10.3 Å². The Morgan fingerprint density at radius 3 is 2.67 bits per heavy atom. The molecule has 0 saturated carbocycles. The minimum Gasteiger partial charge on any atom is -0.480 e. The van der Waals surface area contributed by atoms with E-state index in [0.717, 1.165) is 0 Å². The molecule has 0 fully saturated rings. The zero-order valence-corrected chi connectivity index (χ0v) is 10.5. The summed E-state index contributed by atoms with van der Waals surface area (Å²) >= 11 is 0. The zero-order valence-electron chi connectivity index (χ0n) is 10.5. The van der Waals surface area contributed by atoms with Gasteiger partial charge in [-0.2, -0.15) is 0 Å². The number of rotatable bonds is 6. The molecule has 8 heteroatoms. The van der Waals surface area contributed by atoms with Gasteiger partial charge in [0.05, 0.1) is 7.11 Å². The summed E-state index contributed by atoms with van der Waals surface area (Å²) in [4.78, 5) is 29.5. The fourth-order valence-electron chi connectivity index (χ4n) is 1.04. The molecule has 0 heterocycles. The van der Waals surface area contributed by atoms with Crippen molar-refractivity contribution in [1.29, 1.82) is 0 Å². The van der Waals surface area contributed by atoms with Gasteiger partial charge in [0.15, 0.2) is 0 Å². The van der Waals surface area contributed by atoms with Crippen molar-refractivity contribution in [2.75, 3.05) is 13.7 Å². The number of hydroxylamine groups is 1. The fraction of sp³-hybridized carbons (Fsp3) is 0.700. The Bertz CT molecular complexity index is 306. The summed E-state index contributed by atoms with van der Waals surface area (Å²) in [5.74, 6) is -0.564. The molecule has 0 aliphatic heterocycles. The number of carbonyl (C=O) groups excluding carboxylic acids is 1. The van der Waals surface area contributed by atoms with E-state index in [1.54, 1.807) is 6.92 Å². The van der Waals surface area contributed by atoms with Crippen molar-refractivity contribution in [3.63, 3.8) is 0 Å². The molecule has 1 atom stereocenters. The molecular formula is C10H19N3O5. The standard InChI is InChI=1S/C10H19N3O5/c1-7(13-18-10(16)17-2)12-6-4-3-5-8(11)9(14)15/h8H,3-6,11H2,1-2H3,(H,12,13)(H,14,15). The summed E-state index contributed by atoms with van der Waals surface area (Å²) in [5, 5.41) is 8.55. The number of carbonyl (C=O) groups is 2. The van der Waals surface area contributed by atoms with Crippen LogP contribution < -0.4 is 11.2 Å². The second-order valence-electron chi connectivity index (χ2n) is 3.57. The van der Waals surface area contributed by atoms with Crippen LogP contribution in [0.5, 0.6) is 0 Å². The Kier molecular flexibility index (Phi) is 8.29. The number of carboxylic acids is 1. The van der Waals surface area contributed by atoms with Crippen molar-refractivity contribution < 1.29 is 24.3 Å². The third kappa shape index (κ3) is 8.34. The smallest absolute Gasteiger partial charge is 0.480 e. The monoisotopic (exact) mass is 261 g/mol. The van der Waals surface area contributed by atoms with Crippen LogP contribution in [0.15, 0.2) is 4.99 Å². The first-order valence-electron chi connectivity index (χ1n) is 5.47. The lowest BCUT2D eigenvalue weighted by molar-refractivity contribution is -0.138. The number of hydrogen-bond acceptors (Lipinski definition) is 6. The highest BCUT2D eigenvalue weighted by atomic mass is 16.8. The van der Waals surface area contributed by atoms with Crippen LogP contribution in [-0.4, -0.2) is 42.8 Å². The summed E-state index contributed by atoms with van der Waals surface area (Å²) in [7, 11) is 1.20. The lowest BCUT2D eigenvalue weighted by atomic mass is 10.1. The van der Waals surface area contributed by atoms with Gasteiger partial charge in [-0.15, -0.1) is 0 Å². The zero-order chi connectivity index (χ0) is 14.0. The van der Waals surface area contributed by atoms with Crippen LogP contribution in [0.25, 0.3) is 0 Å². The van der Waals surface area contributed by atoms with E-state index in [9.17, 15) is 9.59 Å². The van der Waals surface area contributed by atoms with Crippen LogP contribution in [0, 0.1) is 0 Å². The van der Waals surface area contributed by atoms with Gasteiger partial charge in [0.25, 0.3) is 0 Å². The molecule has 8 nitrogen and oxygen atoms in total. The molecular weight excluding hydrogens is 242 g/mol. The predicted molar refractivity (Wildman–Crippen MR) is 64.1 cm³/mol. The second kappa shape index (κ2) is 9.23. The number of unbranched alkanes of at least 4 members (excludes halogenated alkanes) is 1. The molecule has 0 aromatic carbocycles. The third-order valence-electron chi connectivity index (χ3n) is 2.04. The first-order chi connectivity index (χ1) is 8.47. The molecule has 0 radical (unpaired) electrons. The Balaban J connectivity index is 3.62. The first-order valence-corrected chi connectivity index (χ1v) is 5.47. The molecule has 0 aromatic rings. The predicted octanol–water partition coefficient (Wildman–Crippen LogP) is 0.275. The largest absolute Gasteiger partial charge is 0.532 e. The van der Waals surface area contributed by atoms with Crippen LogP contribution in [-0.2, 0) is 14.4 Å². The minimum absolute atomic E-state index is 0.413. The average molecular weight is 261 g/mol. The highest BCUT2D eigenvalue weighted by Gasteiger charge is 2.09. The quantitative estimate of drug-likeness (QED) is 0.206. The van der Waals surface area contributed by atoms with Crippen molar-refractivity contribution >= 4 is 18.0 Å². The van der Waals surface area contributed by atoms with Gasteiger partial charge in [-0.3, -0.25) is 9.79 Å². The summed E-state index contributed by atoms with van der Waals surface area (Å²) in [6.07, 6.45) is 0.938. The van der Waals surface area contributed by atoms with Crippen LogP contribution in [0.3, 0.4) is 0 Å². The maximum Gasteiger partial charge on any atom is 0.532 e. The second-order valence-corrected chi connectivity index (χ2v) is 3.57. The normalized spacial score (nSPS) is 12.7. The number of amidine groups is 1. The number of hydrogen-bond donors (Lipinski definition) is 3. The lowest BCUT2D eigenvalue weighted by Crippen LogP contribution is -2.29. The Morgan fingerprint density at radius 2 is 2.11 bits per heavy atom. The van der Waals surface area contributed by atoms with Gasteiger partial charge in [-0.1, -0.05) is 0 Å². The topological polar surface area (TPSA) is 123 Å². The number of carboxylic acid groups (broad SMARTS) is 1. The maximum absolute atomic E-state index is 10.6. The third-order valence-corrected chi connectivity index (χ3v) is 2.04. The maximum atomic E-state index is 10.6. The molecule has 0 aliphatic rings. The minimum atomic E-state index is -0.997. The summed E-state index contributed by atoms with van der Waals surface area (Å²) in [6, 6.07) is -0.823. The molecule has 0 spiro atoms. The number of methoxy groups -OCH3 is 1. The van der Waals surface area contributed by atoms with Gasteiger partial charge in [0, 0.05) is 6.54 Å². The molecule has 0 rings (SSSR count). The summed E-state index contributed by atoms with van der Waals surface area (Å²) in [6.45, 7) is 2.13. The molecule has 0 bridgehead atoms. The van der Waals surface area contributed by atoms with E-state index in [1.807, 2.05) is 0 Å². The lowest BCUT2D eigenvalue weighted by Gasteiger charge is -2.06. The molecule has 104 valence electrons. The van der Waals surface area contributed by atoms with Crippen LogP contribution >= 0.6 is 0 Å². The van der Waals surface area contributed by atoms with Gasteiger partial charge in [-0.05, 0) is 26.2 Å². The van der Waals surface area contributed by atoms with Gasteiger partial charge < -0.3 is 20.4 Å². The Labute approximate surface area is 105 Å². The van der Waals surface area contributed by atoms with Crippen LogP contribution in [0.4, 0.5) is 4.79 Å². The van der Waals surface area contributed by atoms with E-state index >= 15 is 0 Å². The molecule has 1 unspecified atom stereocenters. The summed E-state index contributed by atoms with van der Waals surface area (Å²) < 4.78 is 4.24. The van der Waals surface area contributed by atoms with Gasteiger partial charge in [0.2, 0.25) is 0 Å². The van der Waals surface area contributed by atoms with Gasteiger partial charge >= 0.3 is 12.1 Å². The number of ether oxygens (including phenoxy) is 1. The average Bonchev–Trinajstić information content (AvgIpc) is 2.34. The molecule has 0 aliphatic carbocycles. The molecule has 0 amide bonds. The van der Waals surface area contributed by atoms with Crippen molar-refractivity contribution in [2.45, 2.75) is 32.2 Å². The van der Waals surface area contributed by atoms with E-state index in [1.165, 1.54) is 7.11 Å². The van der Waals surface area contributed by atoms with E-state index in [0.29, 0.717) is 31.6 Å². The molecule has 0 aromatic heterocycles. The van der Waals surface area contributed by atoms with E-state index in [-0.39, 0.29) is 0 Å². The van der Waals surface area contributed by atoms with E-state index < -0.39 is 18.2 Å². The van der Waals surface area contributed by atoms with E-state index in [4.69, 9.17) is 10.8 Å². The number of nitrogens with two attached hydrogens (primary N) is 1. The van der Waals surface area contributed by atoms with Crippen molar-refractivity contribution in [2.24, 2.45) is 10.7 Å². The number of aliphatic imine (C=N–C) groups is 1. The Hall–Kier alpha value is -1.83. The number of nitrogens with zero attached hydrogens (tertiary/aromatic N) is 1. The first kappa shape index (κ1) is 16.2. The van der Waals surface area contributed by atoms with Crippen LogP contribution in [0.1, 0.15) is 26.2 Å². The Morgan fingerprint density at radius 1 is 1.44 bits per heavy atom. The van der Waals surface area contributed by atoms with Crippen molar-refractivity contribution in [3.05, 3.63) is 0 Å². The molecule has 0 saturated heterocycles. The highest BCUT2D eigenvalue weighted by molar-refractivity contribution is 5.79. The van der Waals surface area contributed by atoms with Crippen molar-refractivity contribution in [3.8, 4) is 0 Å². The van der Waals surface area contributed by atoms with Crippen molar-refractivity contribution in [1.82, 2.24) is 5.48 Å². The summed E-state index contributed by atoms with van der Waals surface area (Å²) in [5.41, 5.74) is 7.64. The van der Waals surface area contributed by atoms with Gasteiger partial charge in [0.1, 0.15) is 11.9 Å². The molecule has 4 N–H and O–H groups in total. The molecule has 18 heavy (non-hydrogen) atoms. The SMILES string of the molecule is COC(=O)ONC(C)=NCCCCC(N)C(=O)O.